The molecule has 0 aliphatic carbocycles. The molecule has 1 heterocycles. The zero-order chi connectivity index (χ0) is 37.7. The number of nitrogens with zero attached hydrogens (tertiary/aromatic N) is 3. The maximum Gasteiger partial charge on any atom is 0.421 e. The number of benzene rings is 8. The number of carbonyl (C=O) groups is 1. The number of hydrogen-bond donors (Lipinski definition) is 0. The van der Waals surface area contributed by atoms with Gasteiger partial charge in [0.2, 0.25) is 0 Å². The van der Waals surface area contributed by atoms with Crippen molar-refractivity contribution in [1.82, 2.24) is 4.57 Å². The van der Waals surface area contributed by atoms with Gasteiger partial charge in [0.05, 0.1) is 11.4 Å². The SMILES string of the molecule is Cc1cc(N(c2ccccc2)c2cc3ccccc3c3ccccc23)n(C(=O)OC(C)(C)C)c1N(c1ccccc1)c1cc2ccccc2c2ccccc12. The van der Waals surface area contributed by atoms with Gasteiger partial charge in [0.15, 0.2) is 0 Å². The van der Waals surface area contributed by atoms with Crippen LogP contribution in [0.25, 0.3) is 43.1 Å². The van der Waals surface area contributed by atoms with Crippen LogP contribution >= 0.6 is 0 Å². The molecule has 0 saturated carbocycles. The molecule has 0 aliphatic rings. The highest BCUT2D eigenvalue weighted by atomic mass is 16.6. The Kier molecular flexibility index (Phi) is 8.35. The van der Waals surface area contributed by atoms with Crippen LogP contribution in [0.3, 0.4) is 0 Å². The quantitative estimate of drug-likeness (QED) is 0.161. The Morgan fingerprint density at radius 1 is 0.491 bits per heavy atom. The van der Waals surface area contributed by atoms with Crippen LogP contribution in [0.1, 0.15) is 26.3 Å². The third-order valence-electron chi connectivity index (χ3n) is 10.2. The van der Waals surface area contributed by atoms with E-state index in [4.69, 9.17) is 4.74 Å². The fourth-order valence-corrected chi connectivity index (χ4v) is 7.90. The van der Waals surface area contributed by atoms with Crippen molar-refractivity contribution in [2.75, 3.05) is 9.80 Å². The van der Waals surface area contributed by atoms with Crippen LogP contribution in [0.5, 0.6) is 0 Å². The van der Waals surface area contributed by atoms with Gasteiger partial charge in [-0.2, -0.15) is 0 Å². The number of fused-ring (bicyclic) bond motifs is 6. The Balaban J connectivity index is 1.40. The fourth-order valence-electron chi connectivity index (χ4n) is 7.90. The van der Waals surface area contributed by atoms with Crippen molar-refractivity contribution in [3.05, 3.63) is 181 Å². The molecule has 5 heteroatoms. The summed E-state index contributed by atoms with van der Waals surface area (Å²) < 4.78 is 8.12. The van der Waals surface area contributed by atoms with E-state index in [2.05, 4.69) is 156 Å². The van der Waals surface area contributed by atoms with Crippen LogP contribution < -0.4 is 9.80 Å². The lowest BCUT2D eigenvalue weighted by Crippen LogP contribution is -2.30. The molecule has 9 rings (SSSR count). The predicted molar refractivity (Wildman–Crippen MR) is 230 cm³/mol. The molecule has 0 unspecified atom stereocenters. The Morgan fingerprint density at radius 3 is 1.38 bits per heavy atom. The Morgan fingerprint density at radius 2 is 0.891 bits per heavy atom. The lowest BCUT2D eigenvalue weighted by molar-refractivity contribution is 0.0543. The normalized spacial score (nSPS) is 11.7. The second kappa shape index (κ2) is 13.5. The number of aryl methyl sites for hydroxylation is 1. The molecule has 0 atom stereocenters. The third kappa shape index (κ3) is 6.04. The minimum absolute atomic E-state index is 0.470. The van der Waals surface area contributed by atoms with E-state index < -0.39 is 11.7 Å². The topological polar surface area (TPSA) is 37.7 Å². The first-order valence-corrected chi connectivity index (χ1v) is 18.7. The molecule has 1 aromatic heterocycles. The van der Waals surface area contributed by atoms with Gasteiger partial charge in [-0.1, -0.05) is 133 Å². The van der Waals surface area contributed by atoms with E-state index in [0.29, 0.717) is 11.6 Å². The molecule has 0 N–H and O–H groups in total. The van der Waals surface area contributed by atoms with E-state index in [1.165, 1.54) is 10.8 Å². The van der Waals surface area contributed by atoms with Gasteiger partial charge in [0.25, 0.3) is 0 Å². The highest BCUT2D eigenvalue weighted by Gasteiger charge is 2.33. The lowest BCUT2D eigenvalue weighted by atomic mass is 9.99. The molecular formula is C50H41N3O2. The van der Waals surface area contributed by atoms with Gasteiger partial charge in [-0.3, -0.25) is 9.80 Å². The van der Waals surface area contributed by atoms with Crippen molar-refractivity contribution in [2.45, 2.75) is 33.3 Å². The summed E-state index contributed by atoms with van der Waals surface area (Å²) in [7, 11) is 0. The monoisotopic (exact) mass is 715 g/mol. The molecule has 0 radical (unpaired) electrons. The minimum Gasteiger partial charge on any atom is -0.443 e. The van der Waals surface area contributed by atoms with E-state index in [1.54, 1.807) is 4.57 Å². The Labute approximate surface area is 321 Å². The second-order valence-electron chi connectivity index (χ2n) is 15.0. The number of rotatable bonds is 6. The molecule has 0 aliphatic heterocycles. The van der Waals surface area contributed by atoms with Gasteiger partial charge in [-0.25, -0.2) is 9.36 Å². The number of anilines is 6. The molecule has 0 spiro atoms. The van der Waals surface area contributed by atoms with E-state index >= 15 is 4.79 Å². The summed E-state index contributed by atoms with van der Waals surface area (Å²) in [5.74, 6) is 1.36. The maximum atomic E-state index is 15.1. The van der Waals surface area contributed by atoms with Crippen molar-refractivity contribution in [3.8, 4) is 0 Å². The van der Waals surface area contributed by atoms with E-state index in [0.717, 1.165) is 60.6 Å². The molecule has 0 bridgehead atoms. The number of ether oxygens (including phenoxy) is 1. The first kappa shape index (κ1) is 34.0. The zero-order valence-corrected chi connectivity index (χ0v) is 31.4. The van der Waals surface area contributed by atoms with E-state index in [1.807, 2.05) is 57.2 Å². The van der Waals surface area contributed by atoms with Gasteiger partial charge in [-0.15, -0.1) is 0 Å². The molecule has 5 nitrogen and oxygen atoms in total. The van der Waals surface area contributed by atoms with Gasteiger partial charge in [-0.05, 0) is 108 Å². The molecule has 268 valence electrons. The smallest absolute Gasteiger partial charge is 0.421 e. The van der Waals surface area contributed by atoms with Crippen LogP contribution in [-0.4, -0.2) is 16.3 Å². The van der Waals surface area contributed by atoms with Crippen LogP contribution in [0.15, 0.2) is 176 Å². The summed E-state index contributed by atoms with van der Waals surface area (Å²) in [5, 5.41) is 8.98. The molecule has 0 fully saturated rings. The molecule has 0 saturated heterocycles. The molecule has 8 aromatic carbocycles. The summed E-state index contributed by atoms with van der Waals surface area (Å²) in [5.41, 5.74) is 3.90. The largest absolute Gasteiger partial charge is 0.443 e. The summed E-state index contributed by atoms with van der Waals surface area (Å²) in [6.45, 7) is 7.83. The van der Waals surface area contributed by atoms with Gasteiger partial charge >= 0.3 is 6.09 Å². The minimum atomic E-state index is -0.760. The highest BCUT2D eigenvalue weighted by Crippen LogP contribution is 2.48. The van der Waals surface area contributed by atoms with Crippen molar-refractivity contribution < 1.29 is 9.53 Å². The number of para-hydroxylation sites is 2. The molecule has 0 amide bonds. The van der Waals surface area contributed by atoms with Crippen molar-refractivity contribution in [1.29, 1.82) is 0 Å². The van der Waals surface area contributed by atoms with Crippen LogP contribution in [0.2, 0.25) is 0 Å². The van der Waals surface area contributed by atoms with Crippen molar-refractivity contribution >= 4 is 83.6 Å². The number of hydrogen-bond acceptors (Lipinski definition) is 4. The first-order chi connectivity index (χ1) is 26.8. The standard InChI is InChI=1S/C50H41N3O2/c1-34-31-47(51(37-21-7-5-8-22-37)45-32-35-19-11-13-25-39(35)41-27-15-17-29-43(41)45)53(49(54)55-50(2,3)4)48(34)52(38-23-9-6-10-24-38)46-33-36-20-12-14-26-40(36)42-28-16-18-30-44(42)46/h5-33H,1-4H3. The summed E-state index contributed by atoms with van der Waals surface area (Å²) in [6.07, 6.45) is -0.470. The van der Waals surface area contributed by atoms with Crippen LogP contribution in [0, 0.1) is 6.92 Å². The predicted octanol–water partition coefficient (Wildman–Crippen LogP) is 14.1. The molecular weight excluding hydrogens is 675 g/mol. The molecule has 9 aromatic rings. The van der Waals surface area contributed by atoms with Gasteiger partial charge in [0, 0.05) is 22.1 Å². The number of carbonyl (C=O) groups excluding carboxylic acids is 1. The average Bonchev–Trinajstić information content (AvgIpc) is 3.54. The second-order valence-corrected chi connectivity index (χ2v) is 15.0. The summed E-state index contributed by atoms with van der Waals surface area (Å²) in [4.78, 5) is 19.5. The zero-order valence-electron chi connectivity index (χ0n) is 31.4. The van der Waals surface area contributed by atoms with Crippen LogP contribution in [-0.2, 0) is 4.74 Å². The summed E-state index contributed by atoms with van der Waals surface area (Å²) in [6, 6.07) is 61.2. The average molecular weight is 716 g/mol. The number of aromatic nitrogens is 1. The van der Waals surface area contributed by atoms with Crippen molar-refractivity contribution in [3.63, 3.8) is 0 Å². The lowest BCUT2D eigenvalue weighted by Gasteiger charge is -2.32. The van der Waals surface area contributed by atoms with E-state index in [-0.39, 0.29) is 0 Å². The summed E-state index contributed by atoms with van der Waals surface area (Å²) >= 11 is 0. The van der Waals surface area contributed by atoms with Crippen molar-refractivity contribution in [2.24, 2.45) is 0 Å². The first-order valence-electron chi connectivity index (χ1n) is 18.7. The van der Waals surface area contributed by atoms with E-state index in [9.17, 15) is 0 Å². The van der Waals surface area contributed by atoms with Crippen LogP contribution in [0.4, 0.5) is 39.2 Å². The van der Waals surface area contributed by atoms with Gasteiger partial charge < -0.3 is 4.74 Å². The van der Waals surface area contributed by atoms with Gasteiger partial charge in [0.1, 0.15) is 17.2 Å². The Hall–Kier alpha value is -6.85. The molecule has 55 heavy (non-hydrogen) atoms. The third-order valence-corrected chi connectivity index (χ3v) is 10.2. The maximum absolute atomic E-state index is 15.1. The fraction of sp³-hybridized carbons (Fsp3) is 0.100. The highest BCUT2D eigenvalue weighted by molar-refractivity contribution is 6.16. The Bertz CT molecular complexity index is 2870.